The zero-order chi connectivity index (χ0) is 11.1. The molecule has 1 aliphatic carbocycles. The summed E-state index contributed by atoms with van der Waals surface area (Å²) >= 11 is 0. The van der Waals surface area contributed by atoms with Crippen LogP contribution in [0.25, 0.3) is 0 Å². The predicted molar refractivity (Wildman–Crippen MR) is 58.6 cm³/mol. The number of aliphatic hydroxyl groups is 1. The van der Waals surface area contributed by atoms with E-state index in [0.29, 0.717) is 24.2 Å². The summed E-state index contributed by atoms with van der Waals surface area (Å²) in [6.45, 7) is 5.75. The molecule has 1 heterocycles. The van der Waals surface area contributed by atoms with Gasteiger partial charge in [0.1, 0.15) is 5.78 Å². The average molecular weight is 211 g/mol. The molecular formula is C12H21NO2. The Balaban J connectivity index is 1.92. The second-order valence-electron chi connectivity index (χ2n) is 5.31. The van der Waals surface area contributed by atoms with E-state index in [9.17, 15) is 9.90 Å². The summed E-state index contributed by atoms with van der Waals surface area (Å²) in [4.78, 5) is 13.7. The van der Waals surface area contributed by atoms with Crippen LogP contribution in [0.5, 0.6) is 0 Å². The van der Waals surface area contributed by atoms with Gasteiger partial charge < -0.3 is 5.11 Å². The molecule has 0 aromatic rings. The number of likely N-dealkylation sites (tertiary alicyclic amines) is 1. The van der Waals surface area contributed by atoms with Gasteiger partial charge in [0.25, 0.3) is 0 Å². The molecule has 1 saturated carbocycles. The standard InChI is InChI=1S/C12H21NO2/c1-3-12(15)7-13(8-12)11-6-10(14)5-4-9(11)2/h9,11,15H,3-8H2,1-2H3. The molecule has 2 fully saturated rings. The lowest BCUT2D eigenvalue weighted by Crippen LogP contribution is -2.66. The first-order valence-electron chi connectivity index (χ1n) is 6.02. The highest BCUT2D eigenvalue weighted by Gasteiger charge is 2.45. The quantitative estimate of drug-likeness (QED) is 0.746. The van der Waals surface area contributed by atoms with Crippen LogP contribution in [-0.2, 0) is 4.79 Å². The van der Waals surface area contributed by atoms with E-state index in [4.69, 9.17) is 0 Å². The van der Waals surface area contributed by atoms with Gasteiger partial charge in [0.2, 0.25) is 0 Å². The molecule has 3 nitrogen and oxygen atoms in total. The van der Waals surface area contributed by atoms with Gasteiger partial charge in [-0.05, 0) is 18.8 Å². The number of Topliss-reactive ketones (excluding diaryl/α,β-unsaturated/α-hetero) is 1. The molecule has 3 heteroatoms. The van der Waals surface area contributed by atoms with Crippen LogP contribution in [0.1, 0.15) is 39.5 Å². The lowest BCUT2D eigenvalue weighted by molar-refractivity contribution is -0.141. The number of ketones is 1. The van der Waals surface area contributed by atoms with E-state index >= 15 is 0 Å². The van der Waals surface area contributed by atoms with Crippen molar-refractivity contribution in [3.8, 4) is 0 Å². The van der Waals surface area contributed by atoms with Gasteiger partial charge in [-0.1, -0.05) is 13.8 Å². The molecule has 0 aromatic heterocycles. The third-order valence-electron chi connectivity index (χ3n) is 4.09. The van der Waals surface area contributed by atoms with Crippen molar-refractivity contribution in [3.63, 3.8) is 0 Å². The van der Waals surface area contributed by atoms with Crippen molar-refractivity contribution in [3.05, 3.63) is 0 Å². The molecule has 2 atom stereocenters. The van der Waals surface area contributed by atoms with Crippen molar-refractivity contribution in [1.29, 1.82) is 0 Å². The molecule has 2 rings (SSSR count). The van der Waals surface area contributed by atoms with E-state index in [-0.39, 0.29) is 0 Å². The second-order valence-corrected chi connectivity index (χ2v) is 5.31. The summed E-state index contributed by atoms with van der Waals surface area (Å²) < 4.78 is 0. The first kappa shape index (κ1) is 11.1. The minimum atomic E-state index is -0.472. The molecule has 1 aliphatic heterocycles. The monoisotopic (exact) mass is 211 g/mol. The van der Waals surface area contributed by atoms with E-state index in [1.807, 2.05) is 6.92 Å². The molecular weight excluding hydrogens is 190 g/mol. The second kappa shape index (κ2) is 3.87. The summed E-state index contributed by atoms with van der Waals surface area (Å²) in [5, 5.41) is 9.95. The van der Waals surface area contributed by atoms with Crippen molar-refractivity contribution in [1.82, 2.24) is 4.90 Å². The Labute approximate surface area is 91.5 Å². The zero-order valence-electron chi connectivity index (χ0n) is 9.70. The van der Waals surface area contributed by atoms with Crippen molar-refractivity contribution in [2.45, 2.75) is 51.2 Å². The number of rotatable bonds is 2. The molecule has 0 spiro atoms. The van der Waals surface area contributed by atoms with Crippen LogP contribution in [0.4, 0.5) is 0 Å². The zero-order valence-corrected chi connectivity index (χ0v) is 9.70. The van der Waals surface area contributed by atoms with Crippen LogP contribution in [0.15, 0.2) is 0 Å². The molecule has 15 heavy (non-hydrogen) atoms. The van der Waals surface area contributed by atoms with Crippen LogP contribution in [0.3, 0.4) is 0 Å². The van der Waals surface area contributed by atoms with Gasteiger partial charge in [-0.2, -0.15) is 0 Å². The summed E-state index contributed by atoms with van der Waals surface area (Å²) in [5.41, 5.74) is -0.472. The van der Waals surface area contributed by atoms with Crippen molar-refractivity contribution in [2.24, 2.45) is 5.92 Å². The smallest absolute Gasteiger partial charge is 0.134 e. The minimum absolute atomic E-state index is 0.387. The summed E-state index contributed by atoms with van der Waals surface area (Å²) in [6.07, 6.45) is 3.29. The van der Waals surface area contributed by atoms with Gasteiger partial charge in [0.15, 0.2) is 0 Å². The summed E-state index contributed by atoms with van der Waals surface area (Å²) in [6, 6.07) is 0.387. The van der Waals surface area contributed by atoms with Crippen molar-refractivity contribution >= 4 is 5.78 Å². The lowest BCUT2D eigenvalue weighted by Gasteiger charge is -2.52. The Morgan fingerprint density at radius 2 is 2.20 bits per heavy atom. The highest BCUT2D eigenvalue weighted by Crippen LogP contribution is 2.33. The fourth-order valence-corrected chi connectivity index (χ4v) is 2.77. The normalized spacial score (nSPS) is 36.3. The van der Waals surface area contributed by atoms with Gasteiger partial charge in [-0.25, -0.2) is 0 Å². The van der Waals surface area contributed by atoms with Gasteiger partial charge in [0.05, 0.1) is 5.60 Å². The molecule has 86 valence electrons. The molecule has 2 aliphatic rings. The molecule has 0 bridgehead atoms. The predicted octanol–water partition coefficient (Wildman–Crippen LogP) is 1.20. The highest BCUT2D eigenvalue weighted by molar-refractivity contribution is 5.79. The van der Waals surface area contributed by atoms with Crippen LogP contribution < -0.4 is 0 Å². The molecule has 0 radical (unpaired) electrons. The Hall–Kier alpha value is -0.410. The van der Waals surface area contributed by atoms with E-state index in [2.05, 4.69) is 11.8 Å². The highest BCUT2D eigenvalue weighted by atomic mass is 16.3. The van der Waals surface area contributed by atoms with Gasteiger partial charge in [-0.15, -0.1) is 0 Å². The number of carbonyl (C=O) groups excluding carboxylic acids is 1. The van der Waals surface area contributed by atoms with E-state index in [1.54, 1.807) is 0 Å². The Morgan fingerprint density at radius 1 is 1.53 bits per heavy atom. The van der Waals surface area contributed by atoms with Crippen LogP contribution >= 0.6 is 0 Å². The van der Waals surface area contributed by atoms with Crippen LogP contribution in [0.2, 0.25) is 0 Å². The van der Waals surface area contributed by atoms with Gasteiger partial charge in [0, 0.05) is 32.0 Å². The number of hydrogen-bond donors (Lipinski definition) is 1. The Kier molecular flexibility index (Phi) is 2.86. The molecule has 1 N–H and O–H groups in total. The summed E-state index contributed by atoms with van der Waals surface area (Å²) in [7, 11) is 0. The van der Waals surface area contributed by atoms with E-state index < -0.39 is 5.60 Å². The Morgan fingerprint density at radius 3 is 2.80 bits per heavy atom. The average Bonchev–Trinajstić information content (AvgIpc) is 2.17. The van der Waals surface area contributed by atoms with Gasteiger partial charge in [-0.3, -0.25) is 9.69 Å². The number of nitrogens with zero attached hydrogens (tertiary/aromatic N) is 1. The third kappa shape index (κ3) is 2.08. The van der Waals surface area contributed by atoms with Crippen molar-refractivity contribution < 1.29 is 9.90 Å². The third-order valence-corrected chi connectivity index (χ3v) is 4.09. The van der Waals surface area contributed by atoms with E-state index in [0.717, 1.165) is 32.4 Å². The molecule has 1 saturated heterocycles. The number of β-amino-alcohol motifs (C(OH)–C–C–N with tert-alkyl or cyclic N) is 1. The first-order valence-corrected chi connectivity index (χ1v) is 6.02. The fourth-order valence-electron chi connectivity index (χ4n) is 2.77. The maximum absolute atomic E-state index is 11.4. The maximum atomic E-state index is 11.4. The maximum Gasteiger partial charge on any atom is 0.134 e. The van der Waals surface area contributed by atoms with Crippen LogP contribution in [-0.4, -0.2) is 40.5 Å². The van der Waals surface area contributed by atoms with Crippen LogP contribution in [0, 0.1) is 5.92 Å². The molecule has 2 unspecified atom stereocenters. The lowest BCUT2D eigenvalue weighted by atomic mass is 9.80. The topological polar surface area (TPSA) is 40.5 Å². The molecule has 0 aromatic carbocycles. The SMILES string of the molecule is CCC1(O)CN(C2CC(=O)CCC2C)C1. The fraction of sp³-hybridized carbons (Fsp3) is 0.917. The summed E-state index contributed by atoms with van der Waals surface area (Å²) in [5.74, 6) is 0.995. The van der Waals surface area contributed by atoms with Crippen molar-refractivity contribution in [2.75, 3.05) is 13.1 Å². The van der Waals surface area contributed by atoms with E-state index in [1.165, 1.54) is 0 Å². The molecule has 0 amide bonds. The first-order chi connectivity index (χ1) is 7.04. The number of carbonyl (C=O) groups is 1. The minimum Gasteiger partial charge on any atom is -0.387 e. The Bertz CT molecular complexity index is 258. The van der Waals surface area contributed by atoms with Gasteiger partial charge >= 0.3 is 0 Å². The number of hydrogen-bond acceptors (Lipinski definition) is 3. The largest absolute Gasteiger partial charge is 0.387 e.